The summed E-state index contributed by atoms with van der Waals surface area (Å²) >= 11 is 0. The van der Waals surface area contributed by atoms with E-state index in [9.17, 15) is 9.59 Å². The first-order valence-corrected chi connectivity index (χ1v) is 7.99. The monoisotopic (exact) mass is 296 g/mol. The molecule has 0 aromatic heterocycles. The van der Waals surface area contributed by atoms with Crippen molar-refractivity contribution >= 4 is 11.9 Å². The Balaban J connectivity index is 1.77. The van der Waals surface area contributed by atoms with Crippen molar-refractivity contribution in [1.29, 1.82) is 0 Å². The van der Waals surface area contributed by atoms with Gasteiger partial charge in [0.25, 0.3) is 0 Å². The second-order valence-corrected chi connectivity index (χ2v) is 7.74. The second-order valence-electron chi connectivity index (χ2n) is 7.74. The molecule has 0 radical (unpaired) electrons. The molecule has 5 nitrogen and oxygen atoms in total. The fourth-order valence-electron chi connectivity index (χ4n) is 4.15. The number of nitrogens with one attached hydrogen (secondary N) is 1. The number of rotatable bonds is 2. The quantitative estimate of drug-likeness (QED) is 0.746. The highest BCUT2D eigenvalue weighted by atomic mass is 16.6. The average molecular weight is 296 g/mol. The molecule has 3 aliphatic rings. The molecule has 118 valence electrons. The molecular weight excluding hydrogens is 270 g/mol. The lowest BCUT2D eigenvalue weighted by Gasteiger charge is -2.36. The highest BCUT2D eigenvalue weighted by Gasteiger charge is 2.76. The van der Waals surface area contributed by atoms with Crippen molar-refractivity contribution in [2.24, 2.45) is 10.8 Å². The number of hydrogen-bond acceptors (Lipinski definition) is 4. The van der Waals surface area contributed by atoms with Gasteiger partial charge < -0.3 is 14.4 Å². The lowest BCUT2D eigenvalue weighted by Crippen LogP contribution is -3.10. The van der Waals surface area contributed by atoms with E-state index in [4.69, 9.17) is 9.47 Å². The topological polar surface area (TPSA) is 57.0 Å². The van der Waals surface area contributed by atoms with E-state index < -0.39 is 16.4 Å². The van der Waals surface area contributed by atoms with Crippen LogP contribution in [-0.2, 0) is 19.1 Å². The number of carbonyl (C=O) groups excluding carboxylic acids is 2. The molecule has 21 heavy (non-hydrogen) atoms. The summed E-state index contributed by atoms with van der Waals surface area (Å²) in [6.45, 7) is 7.88. The molecule has 0 aromatic carbocycles. The normalized spacial score (nSPS) is 44.5. The third kappa shape index (κ3) is 1.79. The van der Waals surface area contributed by atoms with Crippen LogP contribution < -0.4 is 4.90 Å². The molecular formula is C16H26NO4+. The molecule has 0 unspecified atom stereocenters. The van der Waals surface area contributed by atoms with E-state index in [1.807, 2.05) is 20.8 Å². The molecule has 0 amide bonds. The summed E-state index contributed by atoms with van der Waals surface area (Å²) in [4.78, 5) is 26.4. The van der Waals surface area contributed by atoms with Crippen LogP contribution >= 0.6 is 0 Å². The van der Waals surface area contributed by atoms with E-state index in [0.29, 0.717) is 12.8 Å². The van der Waals surface area contributed by atoms with E-state index in [0.717, 1.165) is 25.9 Å². The Hall–Kier alpha value is -1.10. The first-order valence-electron chi connectivity index (χ1n) is 7.99. The van der Waals surface area contributed by atoms with Crippen molar-refractivity contribution in [2.75, 3.05) is 20.1 Å². The van der Waals surface area contributed by atoms with Gasteiger partial charge in [0.1, 0.15) is 6.10 Å². The summed E-state index contributed by atoms with van der Waals surface area (Å²) in [5, 5.41) is 0. The predicted molar refractivity (Wildman–Crippen MR) is 75.7 cm³/mol. The number of fused-ring (bicyclic) bond motifs is 2. The maximum atomic E-state index is 12.8. The van der Waals surface area contributed by atoms with Crippen LogP contribution in [0.2, 0.25) is 0 Å². The van der Waals surface area contributed by atoms with Crippen LogP contribution in [0.3, 0.4) is 0 Å². The third-order valence-electron chi connectivity index (χ3n) is 6.47. The van der Waals surface area contributed by atoms with Gasteiger partial charge in [0.15, 0.2) is 0 Å². The largest absolute Gasteiger partial charge is 0.459 e. The molecule has 2 aliphatic heterocycles. The number of esters is 2. The Bertz CT molecular complexity index is 481. The molecule has 2 heterocycles. The molecule has 1 saturated carbocycles. The standard InChI is InChI=1S/C16H25NO4/c1-14(2)15(3)7-8-16(14,21-12(15)18)13(19)20-11-5-9-17(4)10-6-11/h11H,5-10H2,1-4H3/p+1/t15-,16+/m1/s1. The molecule has 2 atom stereocenters. The van der Waals surface area contributed by atoms with Gasteiger partial charge in [0.2, 0.25) is 5.60 Å². The zero-order valence-electron chi connectivity index (χ0n) is 13.5. The summed E-state index contributed by atoms with van der Waals surface area (Å²) in [7, 11) is 2.15. The minimum absolute atomic E-state index is 0.0301. The number of quaternary nitrogens is 1. The first kappa shape index (κ1) is 14.8. The van der Waals surface area contributed by atoms with Gasteiger partial charge in [-0.15, -0.1) is 0 Å². The van der Waals surface area contributed by atoms with E-state index in [1.54, 1.807) is 0 Å². The van der Waals surface area contributed by atoms with E-state index in [1.165, 1.54) is 4.90 Å². The van der Waals surface area contributed by atoms with Gasteiger partial charge in [0, 0.05) is 18.3 Å². The van der Waals surface area contributed by atoms with Crippen LogP contribution in [0.15, 0.2) is 0 Å². The zero-order valence-corrected chi connectivity index (χ0v) is 13.5. The van der Waals surface area contributed by atoms with E-state index in [-0.39, 0.29) is 18.0 Å². The third-order valence-corrected chi connectivity index (χ3v) is 6.47. The molecule has 5 heteroatoms. The molecule has 0 aromatic rings. The van der Waals surface area contributed by atoms with Crippen LogP contribution in [0.4, 0.5) is 0 Å². The Morgan fingerprint density at radius 1 is 1.24 bits per heavy atom. The minimum atomic E-state index is -1.07. The number of carbonyl (C=O) groups is 2. The van der Waals surface area contributed by atoms with Crippen molar-refractivity contribution in [3.05, 3.63) is 0 Å². The maximum Gasteiger partial charge on any atom is 0.351 e. The summed E-state index contributed by atoms with van der Waals surface area (Å²) in [5.41, 5.74) is -2.15. The first-order chi connectivity index (χ1) is 9.73. The van der Waals surface area contributed by atoms with Crippen LogP contribution in [0, 0.1) is 10.8 Å². The van der Waals surface area contributed by atoms with Gasteiger partial charge >= 0.3 is 11.9 Å². The molecule has 2 saturated heterocycles. The molecule has 1 N–H and O–H groups in total. The Kier molecular flexibility index (Phi) is 3.14. The van der Waals surface area contributed by atoms with E-state index in [2.05, 4.69) is 7.05 Å². The van der Waals surface area contributed by atoms with Crippen molar-refractivity contribution in [3.63, 3.8) is 0 Å². The Morgan fingerprint density at radius 2 is 1.86 bits per heavy atom. The number of likely N-dealkylation sites (tertiary alicyclic amines) is 1. The highest BCUT2D eigenvalue weighted by Crippen LogP contribution is 2.65. The highest BCUT2D eigenvalue weighted by molar-refractivity contribution is 5.93. The lowest BCUT2D eigenvalue weighted by molar-refractivity contribution is -0.885. The summed E-state index contributed by atoms with van der Waals surface area (Å²) in [5.74, 6) is -0.574. The summed E-state index contributed by atoms with van der Waals surface area (Å²) in [6, 6.07) is 0. The van der Waals surface area contributed by atoms with E-state index >= 15 is 0 Å². The van der Waals surface area contributed by atoms with Crippen LogP contribution in [0.25, 0.3) is 0 Å². The number of piperidine rings is 1. The van der Waals surface area contributed by atoms with Gasteiger partial charge in [-0.2, -0.15) is 0 Å². The van der Waals surface area contributed by atoms with Crippen LogP contribution in [0.1, 0.15) is 46.5 Å². The number of hydrogen-bond donors (Lipinski definition) is 1. The number of ether oxygens (including phenoxy) is 2. The molecule has 2 bridgehead atoms. The van der Waals surface area contributed by atoms with Gasteiger partial charge in [0.05, 0.1) is 25.6 Å². The average Bonchev–Trinajstić information content (AvgIpc) is 2.72. The van der Waals surface area contributed by atoms with Crippen LogP contribution in [-0.4, -0.2) is 43.8 Å². The Labute approximate surface area is 126 Å². The smallest absolute Gasteiger partial charge is 0.351 e. The van der Waals surface area contributed by atoms with Crippen molar-refractivity contribution in [1.82, 2.24) is 0 Å². The molecule has 0 spiro atoms. The molecule has 3 rings (SSSR count). The summed E-state index contributed by atoms with van der Waals surface area (Å²) in [6.07, 6.45) is 3.03. The van der Waals surface area contributed by atoms with Gasteiger partial charge in [-0.25, -0.2) is 4.79 Å². The van der Waals surface area contributed by atoms with Crippen molar-refractivity contribution in [2.45, 2.75) is 58.2 Å². The van der Waals surface area contributed by atoms with Gasteiger partial charge in [-0.3, -0.25) is 4.79 Å². The van der Waals surface area contributed by atoms with Crippen molar-refractivity contribution in [3.8, 4) is 0 Å². The maximum absolute atomic E-state index is 12.8. The fourth-order valence-corrected chi connectivity index (χ4v) is 4.15. The van der Waals surface area contributed by atoms with Gasteiger partial charge in [-0.1, -0.05) is 13.8 Å². The Morgan fingerprint density at radius 3 is 2.33 bits per heavy atom. The predicted octanol–water partition coefficient (Wildman–Crippen LogP) is 0.329. The second kappa shape index (κ2) is 4.45. The molecule has 3 fully saturated rings. The molecule has 1 aliphatic carbocycles. The van der Waals surface area contributed by atoms with Crippen molar-refractivity contribution < 1.29 is 24.0 Å². The summed E-state index contributed by atoms with van der Waals surface area (Å²) < 4.78 is 11.3. The zero-order chi connectivity index (χ0) is 15.5. The van der Waals surface area contributed by atoms with Gasteiger partial charge in [-0.05, 0) is 19.8 Å². The van der Waals surface area contributed by atoms with Crippen LogP contribution in [0.5, 0.6) is 0 Å². The SMILES string of the molecule is C[NH+]1CCC(OC(=O)[C@]23CC[C@](C)(C(=O)O2)C3(C)C)CC1. The lowest BCUT2D eigenvalue weighted by atomic mass is 9.66. The minimum Gasteiger partial charge on any atom is -0.459 e. The fraction of sp³-hybridized carbons (Fsp3) is 0.875.